The van der Waals surface area contributed by atoms with Crippen molar-refractivity contribution >= 4 is 11.6 Å². The quantitative estimate of drug-likeness (QED) is 0.880. The fraction of sp³-hybridized carbons (Fsp3) is 0.0714. The van der Waals surface area contributed by atoms with Crippen LogP contribution in [0.2, 0.25) is 5.02 Å². The summed E-state index contributed by atoms with van der Waals surface area (Å²) in [6.07, 6.45) is 0. The Bertz CT molecular complexity index is 560. The smallest absolute Gasteiger partial charge is 0.156 e. The van der Waals surface area contributed by atoms with Crippen LogP contribution in [0.5, 0.6) is 0 Å². The van der Waals surface area contributed by atoms with E-state index in [1.807, 2.05) is 42.5 Å². The molecule has 0 bridgehead atoms. The zero-order valence-corrected chi connectivity index (χ0v) is 9.85. The van der Waals surface area contributed by atoms with E-state index in [1.54, 1.807) is 12.1 Å². The predicted octanol–water partition coefficient (Wildman–Crippen LogP) is 3.07. The number of nitrogens with two attached hydrogens (primary N) is 1. The highest BCUT2D eigenvalue weighted by Gasteiger charge is 2.31. The van der Waals surface area contributed by atoms with Crippen LogP contribution in [-0.4, -0.2) is 0 Å². The molecule has 1 unspecified atom stereocenters. The average Bonchev–Trinajstić information content (AvgIpc) is 2.39. The summed E-state index contributed by atoms with van der Waals surface area (Å²) in [6, 6.07) is 18.5. The maximum absolute atomic E-state index is 9.38. The molecule has 3 heteroatoms. The second kappa shape index (κ2) is 4.58. The van der Waals surface area contributed by atoms with Crippen LogP contribution < -0.4 is 5.73 Å². The molecule has 2 N–H and O–H groups in total. The monoisotopic (exact) mass is 242 g/mol. The number of nitriles is 1. The molecule has 0 heterocycles. The van der Waals surface area contributed by atoms with Crippen LogP contribution in [0.3, 0.4) is 0 Å². The topological polar surface area (TPSA) is 49.8 Å². The molecule has 1 atom stereocenters. The molecule has 2 nitrogen and oxygen atoms in total. The maximum Gasteiger partial charge on any atom is 0.156 e. The molecule has 17 heavy (non-hydrogen) atoms. The molecule has 0 radical (unpaired) electrons. The van der Waals surface area contributed by atoms with E-state index >= 15 is 0 Å². The van der Waals surface area contributed by atoms with Crippen molar-refractivity contribution in [2.75, 3.05) is 0 Å². The van der Waals surface area contributed by atoms with Gasteiger partial charge in [0.2, 0.25) is 0 Å². The number of hydrogen-bond acceptors (Lipinski definition) is 2. The molecular weight excluding hydrogens is 232 g/mol. The van der Waals surface area contributed by atoms with Gasteiger partial charge in [0, 0.05) is 10.6 Å². The zero-order chi connectivity index (χ0) is 12.3. The van der Waals surface area contributed by atoms with E-state index in [4.69, 9.17) is 17.3 Å². The number of halogens is 1. The van der Waals surface area contributed by atoms with Gasteiger partial charge in [-0.25, -0.2) is 0 Å². The van der Waals surface area contributed by atoms with Gasteiger partial charge < -0.3 is 5.73 Å². The minimum atomic E-state index is -1.21. The summed E-state index contributed by atoms with van der Waals surface area (Å²) in [5, 5.41) is 9.88. The Kier molecular flexibility index (Phi) is 3.14. The molecule has 0 saturated heterocycles. The highest BCUT2D eigenvalue weighted by molar-refractivity contribution is 6.31. The Morgan fingerprint density at radius 2 is 1.59 bits per heavy atom. The first-order valence-electron chi connectivity index (χ1n) is 5.19. The third-order valence-corrected chi connectivity index (χ3v) is 3.03. The highest BCUT2D eigenvalue weighted by atomic mass is 35.5. The standard InChI is InChI=1S/C14H11ClN2/c15-13-9-5-4-8-12(13)14(17,10-16)11-6-2-1-3-7-11/h1-9H,17H2. The van der Waals surface area contributed by atoms with Crippen LogP contribution >= 0.6 is 11.6 Å². The summed E-state index contributed by atoms with van der Waals surface area (Å²) in [5.41, 5.74) is 6.34. The lowest BCUT2D eigenvalue weighted by atomic mass is 9.85. The van der Waals surface area contributed by atoms with E-state index in [9.17, 15) is 5.26 Å². The van der Waals surface area contributed by atoms with Crippen LogP contribution in [0.4, 0.5) is 0 Å². The second-order valence-corrected chi connectivity index (χ2v) is 4.17. The normalized spacial score (nSPS) is 13.7. The number of hydrogen-bond donors (Lipinski definition) is 1. The molecule has 2 aromatic rings. The van der Waals surface area contributed by atoms with Gasteiger partial charge in [0.05, 0.1) is 6.07 Å². The minimum absolute atomic E-state index is 0.500. The van der Waals surface area contributed by atoms with Crippen molar-refractivity contribution in [1.82, 2.24) is 0 Å². The summed E-state index contributed by atoms with van der Waals surface area (Å²) < 4.78 is 0. The SMILES string of the molecule is N#CC(N)(c1ccccc1)c1ccccc1Cl. The van der Waals surface area contributed by atoms with Crippen molar-refractivity contribution in [3.63, 3.8) is 0 Å². The molecule has 0 amide bonds. The molecule has 0 aliphatic carbocycles. The van der Waals surface area contributed by atoms with Gasteiger partial charge in [0.1, 0.15) is 0 Å². The van der Waals surface area contributed by atoms with Crippen molar-refractivity contribution in [2.24, 2.45) is 5.73 Å². The van der Waals surface area contributed by atoms with Crippen molar-refractivity contribution in [2.45, 2.75) is 5.54 Å². The van der Waals surface area contributed by atoms with E-state index in [0.29, 0.717) is 10.6 Å². The maximum atomic E-state index is 9.38. The molecule has 0 aliphatic rings. The van der Waals surface area contributed by atoms with Gasteiger partial charge in [-0.05, 0) is 11.6 Å². The van der Waals surface area contributed by atoms with Crippen LogP contribution in [0.25, 0.3) is 0 Å². The molecule has 0 aromatic heterocycles. The Balaban J connectivity index is 2.62. The first-order chi connectivity index (χ1) is 8.18. The summed E-state index contributed by atoms with van der Waals surface area (Å²) in [5.74, 6) is 0. The summed E-state index contributed by atoms with van der Waals surface area (Å²) in [7, 11) is 0. The average molecular weight is 243 g/mol. The molecule has 0 saturated carbocycles. The minimum Gasteiger partial charge on any atom is -0.306 e. The van der Waals surface area contributed by atoms with Crippen LogP contribution in [0.15, 0.2) is 54.6 Å². The van der Waals surface area contributed by atoms with E-state index in [-0.39, 0.29) is 0 Å². The van der Waals surface area contributed by atoms with Crippen molar-refractivity contribution in [1.29, 1.82) is 5.26 Å². The van der Waals surface area contributed by atoms with Crippen molar-refractivity contribution < 1.29 is 0 Å². The van der Waals surface area contributed by atoms with Crippen LogP contribution in [-0.2, 0) is 5.54 Å². The lowest BCUT2D eigenvalue weighted by molar-refractivity contribution is 0.698. The van der Waals surface area contributed by atoms with Gasteiger partial charge >= 0.3 is 0 Å². The van der Waals surface area contributed by atoms with E-state index < -0.39 is 5.54 Å². The first kappa shape index (κ1) is 11.7. The summed E-state index contributed by atoms with van der Waals surface area (Å²) in [4.78, 5) is 0. The Morgan fingerprint density at radius 1 is 1.00 bits per heavy atom. The van der Waals surface area contributed by atoms with E-state index in [0.717, 1.165) is 5.56 Å². The third-order valence-electron chi connectivity index (χ3n) is 2.70. The van der Waals surface area contributed by atoms with Gasteiger partial charge in [-0.1, -0.05) is 60.1 Å². The van der Waals surface area contributed by atoms with E-state index in [2.05, 4.69) is 6.07 Å². The van der Waals surface area contributed by atoms with Crippen molar-refractivity contribution in [3.8, 4) is 6.07 Å². The molecule has 2 aromatic carbocycles. The molecule has 2 rings (SSSR count). The summed E-state index contributed by atoms with van der Waals surface area (Å²) >= 11 is 6.11. The largest absolute Gasteiger partial charge is 0.306 e. The molecule has 0 spiro atoms. The zero-order valence-electron chi connectivity index (χ0n) is 9.10. The van der Waals surface area contributed by atoms with Crippen LogP contribution in [0.1, 0.15) is 11.1 Å². The molecule has 0 aliphatic heterocycles. The predicted molar refractivity (Wildman–Crippen MR) is 68.5 cm³/mol. The van der Waals surface area contributed by atoms with Gasteiger partial charge in [0.25, 0.3) is 0 Å². The summed E-state index contributed by atoms with van der Waals surface area (Å²) in [6.45, 7) is 0. The lowest BCUT2D eigenvalue weighted by Gasteiger charge is -2.23. The number of rotatable bonds is 2. The Hall–Kier alpha value is -1.82. The molecule has 84 valence electrons. The fourth-order valence-corrected chi connectivity index (χ4v) is 2.05. The van der Waals surface area contributed by atoms with Gasteiger partial charge in [-0.3, -0.25) is 0 Å². The van der Waals surface area contributed by atoms with Gasteiger partial charge in [-0.15, -0.1) is 0 Å². The number of nitrogens with zero attached hydrogens (tertiary/aromatic N) is 1. The second-order valence-electron chi connectivity index (χ2n) is 3.77. The van der Waals surface area contributed by atoms with Crippen molar-refractivity contribution in [3.05, 3.63) is 70.7 Å². The highest BCUT2D eigenvalue weighted by Crippen LogP contribution is 2.31. The van der Waals surface area contributed by atoms with E-state index in [1.165, 1.54) is 0 Å². The van der Waals surface area contributed by atoms with Crippen LogP contribution in [0, 0.1) is 11.3 Å². The lowest BCUT2D eigenvalue weighted by Crippen LogP contribution is -2.36. The fourth-order valence-electron chi connectivity index (χ4n) is 1.76. The Labute approximate surface area is 105 Å². The Morgan fingerprint density at radius 3 is 2.18 bits per heavy atom. The molecular formula is C14H11ClN2. The number of benzene rings is 2. The third kappa shape index (κ3) is 2.03. The van der Waals surface area contributed by atoms with Gasteiger partial charge in [-0.2, -0.15) is 5.26 Å². The molecule has 0 fully saturated rings. The first-order valence-corrected chi connectivity index (χ1v) is 5.57. The van der Waals surface area contributed by atoms with Gasteiger partial charge in [0.15, 0.2) is 5.54 Å².